The lowest BCUT2D eigenvalue weighted by atomic mass is 10.2. The van der Waals surface area contributed by atoms with Crippen LogP contribution in [0.25, 0.3) is 5.69 Å². The van der Waals surface area contributed by atoms with Crippen molar-refractivity contribution in [2.24, 2.45) is 0 Å². The Morgan fingerprint density at radius 2 is 1.81 bits per heavy atom. The summed E-state index contributed by atoms with van der Waals surface area (Å²) in [5.74, 6) is 0. The van der Waals surface area contributed by atoms with Gasteiger partial charge in [0.2, 0.25) is 0 Å². The third-order valence-electron chi connectivity index (χ3n) is 3.67. The van der Waals surface area contributed by atoms with E-state index in [9.17, 15) is 5.11 Å². The van der Waals surface area contributed by atoms with Crippen LogP contribution in [0.5, 0.6) is 0 Å². The zero-order chi connectivity index (χ0) is 14.8. The number of aliphatic hydroxyl groups is 1. The molecule has 0 aliphatic carbocycles. The van der Waals surface area contributed by atoms with Crippen molar-refractivity contribution in [3.63, 3.8) is 0 Å². The Hall–Kier alpha value is -2.40. The van der Waals surface area contributed by atoms with Crippen LogP contribution < -0.4 is 0 Å². The first-order chi connectivity index (χ1) is 10.2. The molecule has 0 unspecified atom stereocenters. The molecule has 3 rings (SSSR count). The molecule has 0 saturated carbocycles. The molecule has 0 spiro atoms. The molecule has 2 aromatic heterocycles. The summed E-state index contributed by atoms with van der Waals surface area (Å²) in [7, 11) is 0. The Bertz CT molecular complexity index is 743. The van der Waals surface area contributed by atoms with Gasteiger partial charge in [-0.05, 0) is 32.0 Å². The van der Waals surface area contributed by atoms with E-state index in [1.54, 1.807) is 0 Å². The van der Waals surface area contributed by atoms with E-state index in [1.807, 2.05) is 65.8 Å². The highest BCUT2D eigenvalue weighted by Gasteiger charge is 2.11. The van der Waals surface area contributed by atoms with Gasteiger partial charge in [-0.25, -0.2) is 4.68 Å². The average Bonchev–Trinajstić information content (AvgIpc) is 3.06. The number of nitrogens with zero attached hydrogens (tertiary/aromatic N) is 4. The monoisotopic (exact) mass is 282 g/mol. The fraction of sp³-hybridized carbons (Fsp3) is 0.250. The Morgan fingerprint density at radius 3 is 2.48 bits per heavy atom. The molecular weight excluding hydrogens is 264 g/mol. The molecule has 21 heavy (non-hydrogen) atoms. The zero-order valence-corrected chi connectivity index (χ0v) is 12.2. The smallest absolute Gasteiger partial charge is 0.0853 e. The van der Waals surface area contributed by atoms with Gasteiger partial charge < -0.3 is 5.11 Å². The molecule has 0 bridgehead atoms. The Labute approximate surface area is 123 Å². The lowest BCUT2D eigenvalue weighted by Gasteiger charge is -2.03. The molecular formula is C16H18N4O. The fourth-order valence-corrected chi connectivity index (χ4v) is 2.44. The van der Waals surface area contributed by atoms with Crippen molar-refractivity contribution >= 4 is 0 Å². The zero-order valence-electron chi connectivity index (χ0n) is 12.2. The molecule has 5 heteroatoms. The van der Waals surface area contributed by atoms with Crippen molar-refractivity contribution in [2.45, 2.75) is 27.0 Å². The minimum absolute atomic E-state index is 0.0239. The van der Waals surface area contributed by atoms with E-state index >= 15 is 0 Å². The number of aromatic nitrogens is 4. The van der Waals surface area contributed by atoms with Gasteiger partial charge in [-0.1, -0.05) is 18.2 Å². The lowest BCUT2D eigenvalue weighted by Crippen LogP contribution is -2.06. The predicted octanol–water partition coefficient (Wildman–Crippen LogP) is 2.23. The van der Waals surface area contributed by atoms with E-state index in [0.29, 0.717) is 6.54 Å². The summed E-state index contributed by atoms with van der Waals surface area (Å²) in [6.45, 7) is 4.51. The standard InChI is InChI=1S/C16H18N4O/c1-12-16(11-21)13(2)20(17-12)10-14-8-9-19(18-14)15-6-4-3-5-7-15/h3-9,21H,10-11H2,1-2H3. The normalized spacial score (nSPS) is 11.0. The number of rotatable bonds is 4. The number of para-hydroxylation sites is 1. The first-order valence-corrected chi connectivity index (χ1v) is 6.92. The molecule has 0 fully saturated rings. The van der Waals surface area contributed by atoms with E-state index < -0.39 is 0 Å². The second kappa shape index (κ2) is 5.54. The molecule has 0 aliphatic heterocycles. The third-order valence-corrected chi connectivity index (χ3v) is 3.67. The molecule has 3 aromatic rings. The van der Waals surface area contributed by atoms with Crippen molar-refractivity contribution in [2.75, 3.05) is 0 Å². The van der Waals surface area contributed by atoms with Crippen LogP contribution in [0.15, 0.2) is 42.6 Å². The Kier molecular flexibility index (Phi) is 3.58. The average molecular weight is 282 g/mol. The number of benzene rings is 1. The predicted molar refractivity (Wildman–Crippen MR) is 80.3 cm³/mol. The molecule has 108 valence electrons. The molecule has 0 aliphatic rings. The summed E-state index contributed by atoms with van der Waals surface area (Å²) in [6, 6.07) is 12.0. The Balaban J connectivity index is 1.85. The van der Waals surface area contributed by atoms with Gasteiger partial charge >= 0.3 is 0 Å². The highest BCUT2D eigenvalue weighted by atomic mass is 16.3. The maximum absolute atomic E-state index is 9.36. The second-order valence-corrected chi connectivity index (χ2v) is 5.05. The number of aliphatic hydroxyl groups excluding tert-OH is 1. The molecule has 0 amide bonds. The van der Waals surface area contributed by atoms with Gasteiger partial charge in [0.15, 0.2) is 0 Å². The van der Waals surface area contributed by atoms with Crippen LogP contribution >= 0.6 is 0 Å². The first-order valence-electron chi connectivity index (χ1n) is 6.92. The van der Waals surface area contributed by atoms with E-state index in [-0.39, 0.29) is 6.61 Å². The van der Waals surface area contributed by atoms with Crippen LogP contribution in [-0.4, -0.2) is 24.7 Å². The summed E-state index contributed by atoms with van der Waals surface area (Å²) < 4.78 is 3.74. The SMILES string of the molecule is Cc1nn(Cc2ccn(-c3ccccc3)n2)c(C)c1CO. The molecule has 1 aromatic carbocycles. The molecule has 5 nitrogen and oxygen atoms in total. The van der Waals surface area contributed by atoms with Gasteiger partial charge in [-0.3, -0.25) is 4.68 Å². The van der Waals surface area contributed by atoms with Crippen LogP contribution in [0.1, 0.15) is 22.6 Å². The van der Waals surface area contributed by atoms with E-state index in [1.165, 1.54) is 0 Å². The summed E-state index contributed by atoms with van der Waals surface area (Å²) >= 11 is 0. The maximum atomic E-state index is 9.36. The van der Waals surface area contributed by atoms with Gasteiger partial charge in [-0.2, -0.15) is 10.2 Å². The Morgan fingerprint density at radius 1 is 1.05 bits per heavy atom. The molecule has 0 atom stereocenters. The van der Waals surface area contributed by atoms with Crippen molar-refractivity contribution < 1.29 is 5.11 Å². The minimum Gasteiger partial charge on any atom is -0.392 e. The van der Waals surface area contributed by atoms with Crippen molar-refractivity contribution in [1.29, 1.82) is 0 Å². The third kappa shape index (κ3) is 2.60. The number of hydrogen-bond donors (Lipinski definition) is 1. The summed E-state index contributed by atoms with van der Waals surface area (Å²) in [5, 5.41) is 18.4. The van der Waals surface area contributed by atoms with Crippen LogP contribution in [-0.2, 0) is 13.2 Å². The van der Waals surface area contributed by atoms with Crippen LogP contribution in [0, 0.1) is 13.8 Å². The minimum atomic E-state index is 0.0239. The fourth-order valence-electron chi connectivity index (χ4n) is 2.44. The summed E-state index contributed by atoms with van der Waals surface area (Å²) in [6.07, 6.45) is 1.95. The van der Waals surface area contributed by atoms with E-state index in [4.69, 9.17) is 0 Å². The van der Waals surface area contributed by atoms with Crippen LogP contribution in [0.2, 0.25) is 0 Å². The number of hydrogen-bond acceptors (Lipinski definition) is 3. The van der Waals surface area contributed by atoms with Crippen molar-refractivity contribution in [1.82, 2.24) is 19.6 Å². The second-order valence-electron chi connectivity index (χ2n) is 5.05. The van der Waals surface area contributed by atoms with E-state index in [2.05, 4.69) is 10.2 Å². The molecule has 0 radical (unpaired) electrons. The topological polar surface area (TPSA) is 55.9 Å². The largest absolute Gasteiger partial charge is 0.392 e. The van der Waals surface area contributed by atoms with Gasteiger partial charge in [0.05, 0.1) is 30.2 Å². The quantitative estimate of drug-likeness (QED) is 0.798. The van der Waals surface area contributed by atoms with Gasteiger partial charge in [0.1, 0.15) is 0 Å². The van der Waals surface area contributed by atoms with Crippen molar-refractivity contribution in [3.8, 4) is 5.69 Å². The van der Waals surface area contributed by atoms with Gasteiger partial charge in [0.25, 0.3) is 0 Å². The maximum Gasteiger partial charge on any atom is 0.0853 e. The van der Waals surface area contributed by atoms with Gasteiger partial charge in [-0.15, -0.1) is 0 Å². The van der Waals surface area contributed by atoms with Crippen LogP contribution in [0.4, 0.5) is 0 Å². The molecule has 1 N–H and O–H groups in total. The van der Waals surface area contributed by atoms with E-state index in [0.717, 1.165) is 28.3 Å². The van der Waals surface area contributed by atoms with Crippen LogP contribution in [0.3, 0.4) is 0 Å². The molecule has 2 heterocycles. The highest BCUT2D eigenvalue weighted by molar-refractivity contribution is 5.30. The highest BCUT2D eigenvalue weighted by Crippen LogP contribution is 2.14. The molecule has 0 saturated heterocycles. The summed E-state index contributed by atoms with van der Waals surface area (Å²) in [4.78, 5) is 0. The van der Waals surface area contributed by atoms with Crippen molar-refractivity contribution in [3.05, 3.63) is 65.2 Å². The first kappa shape index (κ1) is 13.6. The summed E-state index contributed by atoms with van der Waals surface area (Å²) in [5.41, 5.74) is 4.74. The van der Waals surface area contributed by atoms with Gasteiger partial charge in [0, 0.05) is 17.5 Å². The lowest BCUT2D eigenvalue weighted by molar-refractivity contribution is 0.280. The number of aryl methyl sites for hydroxylation is 1.